The van der Waals surface area contributed by atoms with Gasteiger partial charge in [-0.05, 0) is 11.6 Å². The van der Waals surface area contributed by atoms with E-state index in [0.29, 0.717) is 10.8 Å². The average Bonchev–Trinajstić information content (AvgIpc) is 2.64. The molecule has 24 heavy (non-hydrogen) atoms. The highest BCUT2D eigenvalue weighted by molar-refractivity contribution is 6.31. The molecule has 3 aromatic rings. The van der Waals surface area contributed by atoms with Gasteiger partial charge in [0, 0.05) is 62.6 Å². The molecule has 4 heterocycles. The molecule has 0 bridgehead atoms. The lowest BCUT2D eigenvalue weighted by Gasteiger charge is -2.28. The van der Waals surface area contributed by atoms with Crippen LogP contribution in [0.2, 0.25) is 5.02 Å². The maximum atomic E-state index is 6.21. The van der Waals surface area contributed by atoms with Crippen molar-refractivity contribution in [2.24, 2.45) is 0 Å². The second-order valence-corrected chi connectivity index (χ2v) is 6.13. The van der Waals surface area contributed by atoms with Crippen molar-refractivity contribution in [3.05, 3.63) is 65.2 Å². The third-order valence-electron chi connectivity index (χ3n) is 4.08. The second-order valence-electron chi connectivity index (χ2n) is 5.72. The van der Waals surface area contributed by atoms with Crippen molar-refractivity contribution in [1.82, 2.24) is 29.8 Å². The van der Waals surface area contributed by atoms with Crippen molar-refractivity contribution in [2.45, 2.75) is 19.5 Å². The van der Waals surface area contributed by atoms with E-state index >= 15 is 0 Å². The predicted molar refractivity (Wildman–Crippen MR) is 90.1 cm³/mol. The summed E-state index contributed by atoms with van der Waals surface area (Å²) in [5.41, 5.74) is 4.19. The molecule has 0 spiro atoms. The molecule has 0 saturated carbocycles. The van der Waals surface area contributed by atoms with Gasteiger partial charge in [-0.25, -0.2) is 19.9 Å². The maximum Gasteiger partial charge on any atom is 0.162 e. The molecule has 0 unspecified atom stereocenters. The van der Waals surface area contributed by atoms with Gasteiger partial charge in [0.25, 0.3) is 0 Å². The van der Waals surface area contributed by atoms with E-state index in [1.54, 1.807) is 24.8 Å². The molecule has 3 aromatic heterocycles. The molecule has 4 rings (SSSR count). The molecule has 0 aromatic carbocycles. The van der Waals surface area contributed by atoms with Crippen LogP contribution in [0.3, 0.4) is 0 Å². The summed E-state index contributed by atoms with van der Waals surface area (Å²) in [6, 6.07) is 1.97. The second kappa shape index (κ2) is 6.59. The topological polar surface area (TPSA) is 67.7 Å². The predicted octanol–water partition coefficient (Wildman–Crippen LogP) is 2.54. The first kappa shape index (κ1) is 15.1. The summed E-state index contributed by atoms with van der Waals surface area (Å²) < 4.78 is 0. The van der Waals surface area contributed by atoms with Crippen molar-refractivity contribution in [2.75, 3.05) is 6.54 Å². The SMILES string of the molecule is Clc1cnccc1CN1CCc2nc(-c3cncnc3)ncc2C1. The minimum atomic E-state index is 0.681. The van der Waals surface area contributed by atoms with Gasteiger partial charge in [-0.2, -0.15) is 0 Å². The van der Waals surface area contributed by atoms with Crippen LogP contribution in [0.25, 0.3) is 11.4 Å². The number of hydrogen-bond acceptors (Lipinski definition) is 6. The standard InChI is InChI=1S/C17H15ClN6/c18-15-8-19-3-1-12(15)9-24-4-2-16-14(10-24)7-22-17(23-16)13-5-20-11-21-6-13/h1,3,5-8,11H,2,4,9-10H2. The van der Waals surface area contributed by atoms with Crippen LogP contribution in [0.5, 0.6) is 0 Å². The van der Waals surface area contributed by atoms with E-state index < -0.39 is 0 Å². The molecule has 120 valence electrons. The fourth-order valence-electron chi connectivity index (χ4n) is 2.84. The van der Waals surface area contributed by atoms with Gasteiger partial charge < -0.3 is 0 Å². The Balaban J connectivity index is 1.53. The van der Waals surface area contributed by atoms with Gasteiger partial charge in [-0.3, -0.25) is 9.88 Å². The zero-order valence-electron chi connectivity index (χ0n) is 12.9. The number of nitrogens with zero attached hydrogens (tertiary/aromatic N) is 6. The quantitative estimate of drug-likeness (QED) is 0.731. The summed E-state index contributed by atoms with van der Waals surface area (Å²) in [6.45, 7) is 2.56. The summed E-state index contributed by atoms with van der Waals surface area (Å²) in [6.07, 6.45) is 11.2. The summed E-state index contributed by atoms with van der Waals surface area (Å²) in [5, 5.41) is 0.707. The number of rotatable bonds is 3. The summed E-state index contributed by atoms with van der Waals surface area (Å²) in [4.78, 5) is 23.6. The lowest BCUT2D eigenvalue weighted by atomic mass is 10.1. The zero-order valence-corrected chi connectivity index (χ0v) is 13.7. The molecule has 0 N–H and O–H groups in total. The highest BCUT2D eigenvalue weighted by Gasteiger charge is 2.19. The lowest BCUT2D eigenvalue weighted by Crippen LogP contribution is -2.31. The minimum Gasteiger partial charge on any atom is -0.294 e. The van der Waals surface area contributed by atoms with Gasteiger partial charge in [-0.1, -0.05) is 11.6 Å². The maximum absolute atomic E-state index is 6.21. The Labute approximate surface area is 144 Å². The van der Waals surface area contributed by atoms with Gasteiger partial charge in [0.05, 0.1) is 16.3 Å². The molecule has 0 radical (unpaired) electrons. The highest BCUT2D eigenvalue weighted by Crippen LogP contribution is 2.23. The van der Waals surface area contributed by atoms with Crippen LogP contribution < -0.4 is 0 Å². The molecule has 0 amide bonds. The third-order valence-corrected chi connectivity index (χ3v) is 4.42. The average molecular weight is 339 g/mol. The third kappa shape index (κ3) is 3.11. The monoisotopic (exact) mass is 338 g/mol. The van der Waals surface area contributed by atoms with Gasteiger partial charge in [-0.15, -0.1) is 0 Å². The van der Waals surface area contributed by atoms with Crippen molar-refractivity contribution in [1.29, 1.82) is 0 Å². The Kier molecular flexibility index (Phi) is 4.15. The van der Waals surface area contributed by atoms with Crippen LogP contribution in [0.4, 0.5) is 0 Å². The fraction of sp³-hybridized carbons (Fsp3) is 0.235. The van der Waals surface area contributed by atoms with Crippen molar-refractivity contribution in [3.8, 4) is 11.4 Å². The number of halogens is 1. The van der Waals surface area contributed by atoms with Crippen LogP contribution in [0, 0.1) is 0 Å². The van der Waals surface area contributed by atoms with Crippen molar-refractivity contribution >= 4 is 11.6 Å². The number of hydrogen-bond donors (Lipinski definition) is 0. The fourth-order valence-corrected chi connectivity index (χ4v) is 3.02. The highest BCUT2D eigenvalue weighted by atomic mass is 35.5. The summed E-state index contributed by atoms with van der Waals surface area (Å²) >= 11 is 6.21. The molecular weight excluding hydrogens is 324 g/mol. The van der Waals surface area contributed by atoms with Gasteiger partial charge in [0.15, 0.2) is 5.82 Å². The summed E-state index contributed by atoms with van der Waals surface area (Å²) in [7, 11) is 0. The van der Waals surface area contributed by atoms with E-state index in [1.165, 1.54) is 6.33 Å². The van der Waals surface area contributed by atoms with Crippen LogP contribution in [-0.4, -0.2) is 36.4 Å². The normalized spacial score (nSPS) is 14.4. The molecule has 0 aliphatic carbocycles. The molecule has 0 saturated heterocycles. The van der Waals surface area contributed by atoms with Gasteiger partial charge >= 0.3 is 0 Å². The molecule has 0 fully saturated rings. The Morgan fingerprint density at radius 3 is 2.79 bits per heavy atom. The van der Waals surface area contributed by atoms with E-state index in [4.69, 9.17) is 11.6 Å². The zero-order chi connectivity index (χ0) is 16.4. The Morgan fingerprint density at radius 1 is 1.08 bits per heavy atom. The van der Waals surface area contributed by atoms with E-state index in [0.717, 1.165) is 48.4 Å². The first-order valence-electron chi connectivity index (χ1n) is 7.70. The van der Waals surface area contributed by atoms with E-state index in [-0.39, 0.29) is 0 Å². The summed E-state index contributed by atoms with van der Waals surface area (Å²) in [5.74, 6) is 0.681. The minimum absolute atomic E-state index is 0.681. The first-order chi connectivity index (χ1) is 11.8. The Morgan fingerprint density at radius 2 is 1.96 bits per heavy atom. The lowest BCUT2D eigenvalue weighted by molar-refractivity contribution is 0.243. The Hall–Kier alpha value is -2.44. The van der Waals surface area contributed by atoms with E-state index in [2.05, 4.69) is 29.8 Å². The number of pyridine rings is 1. The number of fused-ring (bicyclic) bond motifs is 1. The number of aromatic nitrogens is 5. The van der Waals surface area contributed by atoms with E-state index in [1.807, 2.05) is 12.3 Å². The van der Waals surface area contributed by atoms with Gasteiger partial charge in [0.2, 0.25) is 0 Å². The first-order valence-corrected chi connectivity index (χ1v) is 8.08. The molecule has 6 nitrogen and oxygen atoms in total. The van der Waals surface area contributed by atoms with E-state index in [9.17, 15) is 0 Å². The largest absolute Gasteiger partial charge is 0.294 e. The smallest absolute Gasteiger partial charge is 0.162 e. The molecular formula is C17H15ClN6. The van der Waals surface area contributed by atoms with Crippen LogP contribution >= 0.6 is 11.6 Å². The van der Waals surface area contributed by atoms with Gasteiger partial charge in [0.1, 0.15) is 6.33 Å². The van der Waals surface area contributed by atoms with Crippen molar-refractivity contribution in [3.63, 3.8) is 0 Å². The molecule has 1 aliphatic heterocycles. The van der Waals surface area contributed by atoms with Crippen LogP contribution in [0.15, 0.2) is 43.4 Å². The molecule has 1 aliphatic rings. The van der Waals surface area contributed by atoms with Crippen LogP contribution in [0.1, 0.15) is 16.8 Å². The Bertz CT molecular complexity index is 855. The molecule has 7 heteroatoms. The molecule has 0 atom stereocenters. The van der Waals surface area contributed by atoms with Crippen molar-refractivity contribution < 1.29 is 0 Å². The van der Waals surface area contributed by atoms with Crippen LogP contribution in [-0.2, 0) is 19.5 Å².